The van der Waals surface area contributed by atoms with E-state index in [2.05, 4.69) is 9.97 Å². The monoisotopic (exact) mass is 238 g/mol. The number of rotatable bonds is 4. The third-order valence-corrected chi connectivity index (χ3v) is 2.36. The molecule has 16 heavy (non-hydrogen) atoms. The van der Waals surface area contributed by atoms with Crippen molar-refractivity contribution in [3.8, 4) is 5.75 Å². The van der Waals surface area contributed by atoms with Crippen LogP contribution < -0.4 is 4.74 Å². The molecule has 4 nitrogen and oxygen atoms in total. The molecule has 0 aliphatic heterocycles. The average Bonchev–Trinajstić information content (AvgIpc) is 2.30. The summed E-state index contributed by atoms with van der Waals surface area (Å²) in [5.41, 5.74) is 1.41. The van der Waals surface area contributed by atoms with Crippen LogP contribution in [-0.4, -0.2) is 30.3 Å². The first-order valence-corrected chi connectivity index (χ1v) is 5.21. The molecule has 0 aliphatic rings. The third kappa shape index (κ3) is 2.40. The van der Waals surface area contributed by atoms with Gasteiger partial charge in [0.25, 0.3) is 0 Å². The molecule has 0 aliphatic carbocycles. The van der Waals surface area contributed by atoms with Crippen LogP contribution in [-0.2, 0) is 4.74 Å². The van der Waals surface area contributed by atoms with Crippen LogP contribution in [0.5, 0.6) is 5.75 Å². The van der Waals surface area contributed by atoms with Gasteiger partial charge in [-0.1, -0.05) is 11.6 Å². The fourth-order valence-electron chi connectivity index (χ4n) is 1.30. The summed E-state index contributed by atoms with van der Waals surface area (Å²) in [6, 6.07) is 3.52. The predicted molar refractivity (Wildman–Crippen MR) is 61.9 cm³/mol. The second kappa shape index (κ2) is 5.09. The van der Waals surface area contributed by atoms with Gasteiger partial charge in [0.2, 0.25) is 0 Å². The lowest BCUT2D eigenvalue weighted by atomic mass is 10.3. The topological polar surface area (TPSA) is 44.2 Å². The largest absolute Gasteiger partial charge is 0.489 e. The Labute approximate surface area is 98.2 Å². The summed E-state index contributed by atoms with van der Waals surface area (Å²) in [6.07, 6.45) is 3.27. The second-order valence-corrected chi connectivity index (χ2v) is 3.58. The van der Waals surface area contributed by atoms with Gasteiger partial charge in [0.05, 0.1) is 23.3 Å². The van der Waals surface area contributed by atoms with Crippen LogP contribution in [0, 0.1) is 0 Å². The minimum Gasteiger partial charge on any atom is -0.489 e. The Morgan fingerprint density at radius 2 is 2.19 bits per heavy atom. The predicted octanol–water partition coefficient (Wildman–Crippen LogP) is 2.31. The van der Waals surface area contributed by atoms with Gasteiger partial charge in [-0.3, -0.25) is 4.98 Å². The highest BCUT2D eigenvalue weighted by Gasteiger charge is 2.03. The zero-order chi connectivity index (χ0) is 11.4. The van der Waals surface area contributed by atoms with E-state index in [1.165, 1.54) is 0 Å². The molecule has 2 heterocycles. The van der Waals surface area contributed by atoms with Gasteiger partial charge in [-0.2, -0.15) is 0 Å². The van der Waals surface area contributed by atoms with Crippen LogP contribution in [0.3, 0.4) is 0 Å². The number of fused-ring (bicyclic) bond motifs is 1. The van der Waals surface area contributed by atoms with Crippen molar-refractivity contribution in [1.82, 2.24) is 9.97 Å². The van der Waals surface area contributed by atoms with E-state index in [1.54, 1.807) is 25.6 Å². The average molecular weight is 239 g/mol. The van der Waals surface area contributed by atoms with Crippen LogP contribution in [0.1, 0.15) is 0 Å². The number of pyridine rings is 2. The van der Waals surface area contributed by atoms with E-state index in [1.807, 2.05) is 6.07 Å². The van der Waals surface area contributed by atoms with E-state index in [0.29, 0.717) is 29.5 Å². The van der Waals surface area contributed by atoms with Gasteiger partial charge in [0.1, 0.15) is 17.9 Å². The molecule has 5 heteroatoms. The van der Waals surface area contributed by atoms with Crippen molar-refractivity contribution in [1.29, 1.82) is 0 Å². The van der Waals surface area contributed by atoms with Gasteiger partial charge in [0.15, 0.2) is 0 Å². The van der Waals surface area contributed by atoms with Crippen molar-refractivity contribution in [2.24, 2.45) is 0 Å². The van der Waals surface area contributed by atoms with Crippen LogP contribution in [0.25, 0.3) is 11.0 Å². The van der Waals surface area contributed by atoms with Gasteiger partial charge < -0.3 is 9.47 Å². The SMILES string of the molecule is COCCOc1cnc2c(Cl)ccnc2c1. The zero-order valence-corrected chi connectivity index (χ0v) is 9.57. The van der Waals surface area contributed by atoms with E-state index in [4.69, 9.17) is 21.1 Å². The smallest absolute Gasteiger partial charge is 0.139 e. The first-order chi connectivity index (χ1) is 7.81. The van der Waals surface area contributed by atoms with Crippen molar-refractivity contribution in [2.75, 3.05) is 20.3 Å². The van der Waals surface area contributed by atoms with Crippen molar-refractivity contribution in [3.05, 3.63) is 29.5 Å². The van der Waals surface area contributed by atoms with E-state index in [-0.39, 0.29) is 0 Å². The normalized spacial score (nSPS) is 10.6. The molecule has 0 N–H and O–H groups in total. The van der Waals surface area contributed by atoms with Gasteiger partial charge in [-0.15, -0.1) is 0 Å². The van der Waals surface area contributed by atoms with Crippen LogP contribution in [0.15, 0.2) is 24.5 Å². The molecule has 0 saturated heterocycles. The maximum atomic E-state index is 5.97. The molecule has 2 rings (SSSR count). The molecule has 84 valence electrons. The quantitative estimate of drug-likeness (QED) is 0.767. The van der Waals surface area contributed by atoms with Crippen LogP contribution in [0.4, 0.5) is 0 Å². The Hall–Kier alpha value is -1.39. The summed E-state index contributed by atoms with van der Waals surface area (Å²) in [7, 11) is 1.63. The minimum atomic E-state index is 0.490. The highest BCUT2D eigenvalue weighted by molar-refractivity contribution is 6.34. The Morgan fingerprint density at radius 3 is 3.00 bits per heavy atom. The Bertz CT molecular complexity index is 490. The molecule has 2 aromatic heterocycles. The fraction of sp³-hybridized carbons (Fsp3) is 0.273. The fourth-order valence-corrected chi connectivity index (χ4v) is 1.50. The molecular weight excluding hydrogens is 228 g/mol. The molecule has 0 bridgehead atoms. The van der Waals surface area contributed by atoms with Gasteiger partial charge in [0, 0.05) is 19.4 Å². The Balaban J connectivity index is 2.23. The lowest BCUT2D eigenvalue weighted by Gasteiger charge is -2.05. The number of aromatic nitrogens is 2. The summed E-state index contributed by atoms with van der Waals surface area (Å²) >= 11 is 5.97. The number of ether oxygens (including phenoxy) is 2. The maximum absolute atomic E-state index is 5.97. The second-order valence-electron chi connectivity index (χ2n) is 3.17. The first kappa shape index (κ1) is 11.1. The molecular formula is C11H11ClN2O2. The maximum Gasteiger partial charge on any atom is 0.139 e. The molecule has 0 radical (unpaired) electrons. The molecule has 0 amide bonds. The lowest BCUT2D eigenvalue weighted by Crippen LogP contribution is -2.04. The van der Waals surface area contributed by atoms with Gasteiger partial charge in [-0.05, 0) is 6.07 Å². The highest BCUT2D eigenvalue weighted by atomic mass is 35.5. The number of hydrogen-bond donors (Lipinski definition) is 0. The van der Waals surface area contributed by atoms with Crippen molar-refractivity contribution >= 4 is 22.6 Å². The van der Waals surface area contributed by atoms with Gasteiger partial charge in [-0.25, -0.2) is 4.98 Å². The standard InChI is InChI=1S/C11H11ClN2O2/c1-15-4-5-16-8-6-10-11(14-7-8)9(12)2-3-13-10/h2-3,6-7H,4-5H2,1H3. The molecule has 0 spiro atoms. The van der Waals surface area contributed by atoms with Crippen molar-refractivity contribution in [2.45, 2.75) is 0 Å². The third-order valence-electron chi connectivity index (χ3n) is 2.06. The number of hydrogen-bond acceptors (Lipinski definition) is 4. The number of methoxy groups -OCH3 is 1. The van der Waals surface area contributed by atoms with Crippen molar-refractivity contribution < 1.29 is 9.47 Å². The molecule has 0 aromatic carbocycles. The summed E-state index contributed by atoms with van der Waals surface area (Å²) in [5.74, 6) is 0.666. The number of nitrogens with zero attached hydrogens (tertiary/aromatic N) is 2. The van der Waals surface area contributed by atoms with Gasteiger partial charge >= 0.3 is 0 Å². The Kier molecular flexibility index (Phi) is 3.54. The van der Waals surface area contributed by atoms with E-state index in [9.17, 15) is 0 Å². The molecule has 0 fully saturated rings. The highest BCUT2D eigenvalue weighted by Crippen LogP contribution is 2.22. The molecule has 0 atom stereocenters. The lowest BCUT2D eigenvalue weighted by molar-refractivity contribution is 0.146. The summed E-state index contributed by atoms with van der Waals surface area (Å²) < 4.78 is 10.3. The molecule has 2 aromatic rings. The van der Waals surface area contributed by atoms with E-state index < -0.39 is 0 Å². The van der Waals surface area contributed by atoms with Crippen LogP contribution >= 0.6 is 11.6 Å². The summed E-state index contributed by atoms with van der Waals surface area (Å²) in [5, 5.41) is 0.591. The first-order valence-electron chi connectivity index (χ1n) is 4.83. The number of halogens is 1. The van der Waals surface area contributed by atoms with Crippen LogP contribution in [0.2, 0.25) is 5.02 Å². The minimum absolute atomic E-state index is 0.490. The van der Waals surface area contributed by atoms with Crippen molar-refractivity contribution in [3.63, 3.8) is 0 Å². The summed E-state index contributed by atoms with van der Waals surface area (Å²) in [6.45, 7) is 1.03. The summed E-state index contributed by atoms with van der Waals surface area (Å²) in [4.78, 5) is 8.37. The Morgan fingerprint density at radius 1 is 1.31 bits per heavy atom. The van der Waals surface area contributed by atoms with E-state index in [0.717, 1.165) is 5.52 Å². The van der Waals surface area contributed by atoms with E-state index >= 15 is 0 Å². The molecule has 0 unspecified atom stereocenters. The zero-order valence-electron chi connectivity index (χ0n) is 8.81. The molecule has 0 saturated carbocycles.